The third kappa shape index (κ3) is 8.78. The van der Waals surface area contributed by atoms with Gasteiger partial charge in [0.25, 0.3) is 0 Å². The van der Waals surface area contributed by atoms with Gasteiger partial charge >= 0.3 is 0 Å². The third-order valence-corrected chi connectivity index (χ3v) is 8.77. The van der Waals surface area contributed by atoms with Gasteiger partial charge in [0.15, 0.2) is 11.5 Å². The Morgan fingerprint density at radius 2 is 1.65 bits per heavy atom. The number of ether oxygens (including phenoxy) is 2. The van der Waals surface area contributed by atoms with E-state index in [2.05, 4.69) is 5.32 Å². The number of hydrogen-bond acceptors (Lipinski definition) is 6. The molecule has 2 amide bonds. The molecule has 1 atom stereocenters. The topological polar surface area (TPSA) is 105 Å². The van der Waals surface area contributed by atoms with Crippen LogP contribution in [0.5, 0.6) is 11.5 Å². The van der Waals surface area contributed by atoms with E-state index >= 15 is 0 Å². The number of amides is 2. The average Bonchev–Trinajstić information content (AvgIpc) is 3.42. The minimum Gasteiger partial charge on any atom is -0.454 e. The van der Waals surface area contributed by atoms with Crippen molar-refractivity contribution in [3.05, 3.63) is 87.9 Å². The Hall–Kier alpha value is -3.47. The first kappa shape index (κ1) is 32.4. The van der Waals surface area contributed by atoms with Crippen molar-refractivity contribution in [3.8, 4) is 11.5 Å². The number of halogens is 2. The molecule has 0 radical (unpaired) electrons. The molecule has 1 N–H and O–H groups in total. The van der Waals surface area contributed by atoms with Crippen molar-refractivity contribution in [2.75, 3.05) is 23.9 Å². The molecule has 12 heteroatoms. The zero-order chi connectivity index (χ0) is 31.1. The highest BCUT2D eigenvalue weighted by Gasteiger charge is 2.31. The number of fused-ring (bicyclic) bond motifs is 1. The molecule has 1 aliphatic rings. The molecule has 0 fully saturated rings. The molecule has 1 heterocycles. The van der Waals surface area contributed by atoms with Crippen molar-refractivity contribution >= 4 is 50.7 Å². The number of anilines is 1. The predicted molar refractivity (Wildman–Crippen MR) is 168 cm³/mol. The van der Waals surface area contributed by atoms with Crippen molar-refractivity contribution < 1.29 is 27.5 Å². The van der Waals surface area contributed by atoms with Crippen LogP contribution in [0, 0.1) is 0 Å². The number of sulfonamides is 1. The van der Waals surface area contributed by atoms with Gasteiger partial charge in [0, 0.05) is 38.0 Å². The second-order valence-corrected chi connectivity index (χ2v) is 13.3. The lowest BCUT2D eigenvalue weighted by molar-refractivity contribution is -0.141. The fourth-order valence-corrected chi connectivity index (χ4v) is 6.09. The standard InChI is InChI=1S/C31H35Cl2N3O6S/c1-21(2)34-31(38)27(17-22-8-5-4-6-9-22)35(19-23-11-13-25(32)26(33)16-23)30(37)10-7-15-36(43(3,39)40)24-12-14-28-29(18-24)42-20-41-28/h4-6,8-9,11-14,16,18,21,27H,7,10,15,17,19-20H2,1-3H3,(H,34,38). The molecular weight excluding hydrogens is 613 g/mol. The summed E-state index contributed by atoms with van der Waals surface area (Å²) < 4.78 is 37.4. The van der Waals surface area contributed by atoms with E-state index in [9.17, 15) is 18.0 Å². The van der Waals surface area contributed by atoms with Gasteiger partial charge in [0.1, 0.15) is 6.04 Å². The molecular formula is C31H35Cl2N3O6S. The average molecular weight is 649 g/mol. The molecule has 9 nitrogen and oxygen atoms in total. The van der Waals surface area contributed by atoms with Crippen LogP contribution in [0.2, 0.25) is 10.0 Å². The van der Waals surface area contributed by atoms with Crippen molar-refractivity contribution in [3.63, 3.8) is 0 Å². The first-order valence-electron chi connectivity index (χ1n) is 13.9. The van der Waals surface area contributed by atoms with E-state index in [-0.39, 0.29) is 50.6 Å². The first-order chi connectivity index (χ1) is 20.4. The predicted octanol–water partition coefficient (Wildman–Crippen LogP) is 5.43. The number of hydrogen-bond donors (Lipinski definition) is 1. The summed E-state index contributed by atoms with van der Waals surface area (Å²) in [6.45, 7) is 3.94. The molecule has 43 heavy (non-hydrogen) atoms. The third-order valence-electron chi connectivity index (χ3n) is 6.84. The SMILES string of the molecule is CC(C)NC(=O)C(Cc1ccccc1)N(Cc1ccc(Cl)c(Cl)c1)C(=O)CCCN(c1ccc2c(c1)OCO2)S(C)(=O)=O. The molecule has 0 aromatic heterocycles. The van der Waals surface area contributed by atoms with Crippen LogP contribution in [-0.2, 0) is 32.6 Å². The largest absolute Gasteiger partial charge is 0.454 e. The van der Waals surface area contributed by atoms with Crippen molar-refractivity contribution in [1.29, 1.82) is 0 Å². The van der Waals surface area contributed by atoms with Gasteiger partial charge < -0.3 is 19.7 Å². The van der Waals surface area contributed by atoms with Crippen LogP contribution in [0.4, 0.5) is 5.69 Å². The molecule has 0 saturated heterocycles. The molecule has 0 aliphatic carbocycles. The van der Waals surface area contributed by atoms with E-state index in [4.69, 9.17) is 32.7 Å². The van der Waals surface area contributed by atoms with E-state index in [1.54, 1.807) is 36.4 Å². The summed E-state index contributed by atoms with van der Waals surface area (Å²) >= 11 is 12.4. The maximum absolute atomic E-state index is 13.9. The number of nitrogens with zero attached hydrogens (tertiary/aromatic N) is 2. The number of carbonyl (C=O) groups excluding carboxylic acids is 2. The zero-order valence-corrected chi connectivity index (χ0v) is 26.6. The van der Waals surface area contributed by atoms with Crippen LogP contribution in [0.3, 0.4) is 0 Å². The highest BCUT2D eigenvalue weighted by atomic mass is 35.5. The smallest absolute Gasteiger partial charge is 0.243 e. The van der Waals surface area contributed by atoms with Crippen LogP contribution in [0.1, 0.15) is 37.8 Å². The second kappa shape index (κ2) is 14.3. The Balaban J connectivity index is 1.59. The molecule has 3 aromatic carbocycles. The Morgan fingerprint density at radius 1 is 0.930 bits per heavy atom. The fraction of sp³-hybridized carbons (Fsp3) is 0.355. The lowest BCUT2D eigenvalue weighted by Gasteiger charge is -2.32. The van der Waals surface area contributed by atoms with Gasteiger partial charge in [-0.2, -0.15) is 0 Å². The number of nitrogens with one attached hydrogen (secondary N) is 1. The monoisotopic (exact) mass is 647 g/mol. The van der Waals surface area contributed by atoms with E-state index in [1.165, 1.54) is 9.21 Å². The molecule has 0 spiro atoms. The second-order valence-electron chi connectivity index (χ2n) is 10.6. The van der Waals surface area contributed by atoms with E-state index in [0.717, 1.165) is 11.8 Å². The maximum Gasteiger partial charge on any atom is 0.243 e. The fourth-order valence-electron chi connectivity index (χ4n) is 4.81. The van der Waals surface area contributed by atoms with Crippen LogP contribution in [0.25, 0.3) is 0 Å². The van der Waals surface area contributed by atoms with Crippen LogP contribution in [-0.4, -0.2) is 56.8 Å². The van der Waals surface area contributed by atoms with Gasteiger partial charge in [-0.15, -0.1) is 0 Å². The molecule has 1 aliphatic heterocycles. The minimum absolute atomic E-state index is 0.00184. The van der Waals surface area contributed by atoms with Gasteiger partial charge in [-0.1, -0.05) is 59.6 Å². The van der Waals surface area contributed by atoms with Gasteiger partial charge in [-0.25, -0.2) is 8.42 Å². The quantitative estimate of drug-likeness (QED) is 0.265. The Labute approximate surface area is 262 Å². The van der Waals surface area contributed by atoms with Gasteiger partial charge in [-0.05, 0) is 55.7 Å². The summed E-state index contributed by atoms with van der Waals surface area (Å²) in [5.74, 6) is 0.403. The first-order valence-corrected chi connectivity index (χ1v) is 16.5. The summed E-state index contributed by atoms with van der Waals surface area (Å²) in [5.41, 5.74) is 2.01. The van der Waals surface area contributed by atoms with Gasteiger partial charge in [0.05, 0.1) is 22.0 Å². The van der Waals surface area contributed by atoms with Gasteiger partial charge in [-0.3, -0.25) is 13.9 Å². The lowest BCUT2D eigenvalue weighted by Crippen LogP contribution is -2.51. The van der Waals surface area contributed by atoms with E-state index in [0.29, 0.717) is 39.2 Å². The normalized spacial score (nSPS) is 13.1. The van der Waals surface area contributed by atoms with Crippen LogP contribution < -0.4 is 19.1 Å². The Kier molecular flexibility index (Phi) is 10.8. The lowest BCUT2D eigenvalue weighted by atomic mass is 10.0. The Bertz CT molecular complexity index is 1550. The van der Waals surface area contributed by atoms with E-state index in [1.807, 2.05) is 44.2 Å². The van der Waals surface area contributed by atoms with Crippen molar-refractivity contribution in [2.24, 2.45) is 0 Å². The minimum atomic E-state index is -3.67. The van der Waals surface area contributed by atoms with Crippen molar-refractivity contribution in [2.45, 2.75) is 51.7 Å². The van der Waals surface area contributed by atoms with E-state index < -0.39 is 16.1 Å². The summed E-state index contributed by atoms with van der Waals surface area (Å²) in [4.78, 5) is 29.0. The molecule has 230 valence electrons. The molecule has 3 aromatic rings. The number of benzene rings is 3. The van der Waals surface area contributed by atoms with Gasteiger partial charge in [0.2, 0.25) is 28.6 Å². The number of carbonyl (C=O) groups is 2. The van der Waals surface area contributed by atoms with Crippen molar-refractivity contribution in [1.82, 2.24) is 10.2 Å². The zero-order valence-electron chi connectivity index (χ0n) is 24.3. The summed E-state index contributed by atoms with van der Waals surface area (Å²) in [5, 5.41) is 3.67. The number of rotatable bonds is 13. The molecule has 0 saturated carbocycles. The summed E-state index contributed by atoms with van der Waals surface area (Å²) in [6, 6.07) is 18.5. The molecule has 1 unspecified atom stereocenters. The summed E-state index contributed by atoms with van der Waals surface area (Å²) in [7, 11) is -3.67. The highest BCUT2D eigenvalue weighted by Crippen LogP contribution is 2.36. The van der Waals surface area contributed by atoms with Crippen LogP contribution in [0.15, 0.2) is 66.7 Å². The molecule has 4 rings (SSSR count). The summed E-state index contributed by atoms with van der Waals surface area (Å²) in [6.07, 6.45) is 1.61. The maximum atomic E-state index is 13.9. The highest BCUT2D eigenvalue weighted by molar-refractivity contribution is 7.92. The molecule has 0 bridgehead atoms. The van der Waals surface area contributed by atoms with Crippen LogP contribution >= 0.6 is 23.2 Å². The Morgan fingerprint density at radius 3 is 2.33 bits per heavy atom.